The van der Waals surface area contributed by atoms with Crippen molar-refractivity contribution >= 4 is 39.1 Å². The van der Waals surface area contributed by atoms with E-state index in [1.54, 1.807) is 0 Å². The molecule has 0 fully saturated rings. The molecule has 0 saturated heterocycles. The van der Waals surface area contributed by atoms with Crippen molar-refractivity contribution < 1.29 is 4.74 Å². The van der Waals surface area contributed by atoms with E-state index in [1.165, 1.54) is 0 Å². The number of hydrogen-bond donors (Lipinski definition) is 0. The normalized spacial score (nSPS) is 10.4. The number of hydrogen-bond acceptors (Lipinski definition) is 1. The third kappa shape index (κ3) is 3.64. The van der Waals surface area contributed by atoms with E-state index in [0.717, 1.165) is 21.3 Å². The SMILES string of the molecule is ClCc1cc(OCc2cccc(Cl)c2)ccc1Br. The van der Waals surface area contributed by atoms with Crippen LogP contribution in [0.5, 0.6) is 5.75 Å². The molecule has 0 spiro atoms. The third-order valence-corrected chi connectivity index (χ3v) is 3.75. The van der Waals surface area contributed by atoms with E-state index in [9.17, 15) is 0 Å². The average molecular weight is 346 g/mol. The van der Waals surface area contributed by atoms with Crippen molar-refractivity contribution in [2.24, 2.45) is 0 Å². The number of ether oxygens (including phenoxy) is 1. The van der Waals surface area contributed by atoms with Gasteiger partial charge in [0.05, 0.1) is 0 Å². The number of benzene rings is 2. The molecule has 0 heterocycles. The first kappa shape index (κ1) is 13.7. The monoisotopic (exact) mass is 344 g/mol. The van der Waals surface area contributed by atoms with E-state index >= 15 is 0 Å². The first-order valence-electron chi connectivity index (χ1n) is 5.40. The summed E-state index contributed by atoms with van der Waals surface area (Å²) in [6.07, 6.45) is 0. The van der Waals surface area contributed by atoms with Gasteiger partial charge >= 0.3 is 0 Å². The van der Waals surface area contributed by atoms with Crippen LogP contribution in [0.3, 0.4) is 0 Å². The lowest BCUT2D eigenvalue weighted by molar-refractivity contribution is 0.306. The van der Waals surface area contributed by atoms with E-state index in [0.29, 0.717) is 17.5 Å². The quantitative estimate of drug-likeness (QED) is 0.672. The second-order valence-corrected chi connectivity index (χ2v) is 5.36. The Hall–Kier alpha value is -0.700. The molecule has 0 aliphatic carbocycles. The molecule has 0 N–H and O–H groups in total. The second kappa shape index (κ2) is 6.46. The van der Waals surface area contributed by atoms with E-state index in [-0.39, 0.29) is 0 Å². The summed E-state index contributed by atoms with van der Waals surface area (Å²) in [5, 5.41) is 0.716. The van der Waals surface area contributed by atoms with Gasteiger partial charge in [-0.1, -0.05) is 39.7 Å². The molecule has 2 rings (SSSR count). The predicted molar refractivity (Wildman–Crippen MR) is 79.5 cm³/mol. The van der Waals surface area contributed by atoms with Gasteiger partial charge in [-0.3, -0.25) is 0 Å². The Balaban J connectivity index is 2.06. The molecule has 0 radical (unpaired) electrons. The van der Waals surface area contributed by atoms with Crippen LogP contribution in [0.15, 0.2) is 46.9 Å². The maximum atomic E-state index is 5.92. The minimum absolute atomic E-state index is 0.453. The van der Waals surface area contributed by atoms with Crippen LogP contribution in [0.25, 0.3) is 0 Å². The van der Waals surface area contributed by atoms with Gasteiger partial charge in [0.15, 0.2) is 0 Å². The zero-order valence-electron chi connectivity index (χ0n) is 9.50. The first-order valence-corrected chi connectivity index (χ1v) is 7.11. The minimum Gasteiger partial charge on any atom is -0.489 e. The molecule has 4 heteroatoms. The zero-order chi connectivity index (χ0) is 13.0. The van der Waals surface area contributed by atoms with Gasteiger partial charge in [-0.25, -0.2) is 0 Å². The summed E-state index contributed by atoms with van der Waals surface area (Å²) in [7, 11) is 0. The van der Waals surface area contributed by atoms with Gasteiger partial charge in [0.2, 0.25) is 0 Å². The Morgan fingerprint density at radius 2 is 1.94 bits per heavy atom. The topological polar surface area (TPSA) is 9.23 Å². The van der Waals surface area contributed by atoms with Crippen molar-refractivity contribution in [2.45, 2.75) is 12.5 Å². The molecule has 2 aromatic carbocycles. The highest BCUT2D eigenvalue weighted by atomic mass is 79.9. The highest BCUT2D eigenvalue weighted by Crippen LogP contribution is 2.24. The molecule has 0 amide bonds. The molecule has 1 nitrogen and oxygen atoms in total. The van der Waals surface area contributed by atoms with Gasteiger partial charge < -0.3 is 4.74 Å². The summed E-state index contributed by atoms with van der Waals surface area (Å²) in [6, 6.07) is 13.4. The van der Waals surface area contributed by atoms with Crippen LogP contribution in [0.4, 0.5) is 0 Å². The highest BCUT2D eigenvalue weighted by Gasteiger charge is 2.02. The lowest BCUT2D eigenvalue weighted by Gasteiger charge is -2.08. The van der Waals surface area contributed by atoms with Crippen LogP contribution < -0.4 is 4.74 Å². The van der Waals surface area contributed by atoms with Crippen LogP contribution in [-0.4, -0.2) is 0 Å². The smallest absolute Gasteiger partial charge is 0.120 e. The Labute approximate surface area is 125 Å². The Bertz CT molecular complexity index is 543. The average Bonchev–Trinajstić information content (AvgIpc) is 2.38. The summed E-state index contributed by atoms with van der Waals surface area (Å²) >= 11 is 15.2. The maximum Gasteiger partial charge on any atom is 0.120 e. The van der Waals surface area contributed by atoms with E-state index in [1.807, 2.05) is 42.5 Å². The van der Waals surface area contributed by atoms with Crippen molar-refractivity contribution in [1.82, 2.24) is 0 Å². The summed E-state index contributed by atoms with van der Waals surface area (Å²) in [5.41, 5.74) is 2.05. The molecule has 0 aromatic heterocycles. The molecule has 0 saturated carbocycles. The van der Waals surface area contributed by atoms with Gasteiger partial charge in [-0.15, -0.1) is 11.6 Å². The number of alkyl halides is 1. The Morgan fingerprint density at radius 1 is 1.11 bits per heavy atom. The summed E-state index contributed by atoms with van der Waals surface area (Å²) in [6.45, 7) is 0.490. The summed E-state index contributed by atoms with van der Waals surface area (Å²) in [5.74, 6) is 1.25. The molecule has 0 bridgehead atoms. The molecule has 18 heavy (non-hydrogen) atoms. The van der Waals surface area contributed by atoms with E-state index in [4.69, 9.17) is 27.9 Å². The zero-order valence-corrected chi connectivity index (χ0v) is 12.6. The van der Waals surface area contributed by atoms with Crippen LogP contribution in [-0.2, 0) is 12.5 Å². The van der Waals surface area contributed by atoms with Crippen LogP contribution in [0.1, 0.15) is 11.1 Å². The fraction of sp³-hybridized carbons (Fsp3) is 0.143. The molecule has 0 atom stereocenters. The fourth-order valence-electron chi connectivity index (χ4n) is 1.54. The lowest BCUT2D eigenvalue weighted by Crippen LogP contribution is -1.96. The van der Waals surface area contributed by atoms with Gasteiger partial charge in [0.25, 0.3) is 0 Å². The van der Waals surface area contributed by atoms with Crippen molar-refractivity contribution in [3.05, 3.63) is 63.1 Å². The fourth-order valence-corrected chi connectivity index (χ4v) is 2.52. The van der Waals surface area contributed by atoms with E-state index in [2.05, 4.69) is 15.9 Å². The molecular formula is C14H11BrCl2O. The summed E-state index contributed by atoms with van der Waals surface area (Å²) in [4.78, 5) is 0. The van der Waals surface area contributed by atoms with Gasteiger partial charge in [0, 0.05) is 15.4 Å². The molecule has 0 aliphatic rings. The van der Waals surface area contributed by atoms with Crippen molar-refractivity contribution in [3.63, 3.8) is 0 Å². The second-order valence-electron chi connectivity index (χ2n) is 3.81. The highest BCUT2D eigenvalue weighted by molar-refractivity contribution is 9.10. The lowest BCUT2D eigenvalue weighted by atomic mass is 10.2. The molecule has 94 valence electrons. The standard InChI is InChI=1S/C14H11BrCl2O/c15-14-5-4-13(7-11(14)8-16)18-9-10-2-1-3-12(17)6-10/h1-7H,8-9H2. The van der Waals surface area contributed by atoms with Crippen LogP contribution in [0.2, 0.25) is 5.02 Å². The molecule has 2 aromatic rings. The number of halogens is 3. The molecule has 0 unspecified atom stereocenters. The van der Waals surface area contributed by atoms with Gasteiger partial charge in [-0.05, 0) is 41.5 Å². The summed E-state index contributed by atoms with van der Waals surface area (Å²) < 4.78 is 6.70. The van der Waals surface area contributed by atoms with Gasteiger partial charge in [0.1, 0.15) is 12.4 Å². The maximum absolute atomic E-state index is 5.92. The van der Waals surface area contributed by atoms with Crippen LogP contribution >= 0.6 is 39.1 Å². The van der Waals surface area contributed by atoms with Crippen molar-refractivity contribution in [1.29, 1.82) is 0 Å². The van der Waals surface area contributed by atoms with Crippen molar-refractivity contribution in [2.75, 3.05) is 0 Å². The molecule has 0 aliphatic heterocycles. The third-order valence-electron chi connectivity index (χ3n) is 2.46. The van der Waals surface area contributed by atoms with E-state index < -0.39 is 0 Å². The number of rotatable bonds is 4. The Kier molecular flexibility index (Phi) is 4.93. The molecular weight excluding hydrogens is 335 g/mol. The first-order chi connectivity index (χ1) is 8.69. The van der Waals surface area contributed by atoms with Crippen molar-refractivity contribution in [3.8, 4) is 5.75 Å². The van der Waals surface area contributed by atoms with Crippen LogP contribution in [0, 0.1) is 0 Å². The Morgan fingerprint density at radius 3 is 2.67 bits per heavy atom. The minimum atomic E-state index is 0.453. The van der Waals surface area contributed by atoms with Gasteiger partial charge in [-0.2, -0.15) is 0 Å². The largest absolute Gasteiger partial charge is 0.489 e. The predicted octanol–water partition coefficient (Wildman–Crippen LogP) is 5.42.